The fourth-order valence-corrected chi connectivity index (χ4v) is 3.82. The van der Waals surface area contributed by atoms with Crippen molar-refractivity contribution in [3.05, 3.63) is 108 Å². The second-order valence-corrected chi connectivity index (χ2v) is 7.22. The number of benzene rings is 4. The largest absolute Gasteiger partial charge is 0.330 e. The fourth-order valence-electron chi connectivity index (χ4n) is 3.82. The van der Waals surface area contributed by atoms with E-state index in [1.807, 2.05) is 78.9 Å². The molecule has 0 aliphatic rings. The predicted molar refractivity (Wildman–Crippen MR) is 118 cm³/mol. The van der Waals surface area contributed by atoms with E-state index in [1.54, 1.807) is 4.68 Å². The highest BCUT2D eigenvalue weighted by Gasteiger charge is 2.20. The standard InChI is InChI=1S/C25H20N4O/c30-24(17-20-13-8-12-18-9-4-5-14-21(18)20)26-25(19-10-2-1-3-11-19)29-23-16-7-6-15-22(23)27-28-29/h1-16,25H,17H2,(H,26,30). The number of nitrogens with one attached hydrogen (secondary N) is 1. The maximum Gasteiger partial charge on any atom is 0.226 e. The zero-order valence-electron chi connectivity index (χ0n) is 16.3. The molecule has 0 aliphatic carbocycles. The second kappa shape index (κ2) is 7.79. The van der Waals surface area contributed by atoms with Crippen LogP contribution in [0.2, 0.25) is 0 Å². The molecule has 0 aliphatic heterocycles. The van der Waals surface area contributed by atoms with E-state index in [4.69, 9.17) is 0 Å². The van der Waals surface area contributed by atoms with E-state index < -0.39 is 6.17 Å². The first-order valence-electron chi connectivity index (χ1n) is 9.90. The molecule has 5 nitrogen and oxygen atoms in total. The summed E-state index contributed by atoms with van der Waals surface area (Å²) in [6, 6.07) is 31.8. The number of nitrogens with zero attached hydrogens (tertiary/aromatic N) is 3. The quantitative estimate of drug-likeness (QED) is 0.479. The molecule has 1 aromatic heterocycles. The van der Waals surface area contributed by atoms with Crippen molar-refractivity contribution in [1.29, 1.82) is 0 Å². The van der Waals surface area contributed by atoms with Crippen molar-refractivity contribution in [2.45, 2.75) is 12.6 Å². The summed E-state index contributed by atoms with van der Waals surface area (Å²) >= 11 is 0. The van der Waals surface area contributed by atoms with Crippen LogP contribution < -0.4 is 5.32 Å². The minimum absolute atomic E-state index is 0.0696. The first-order chi connectivity index (χ1) is 14.8. The van der Waals surface area contributed by atoms with Gasteiger partial charge in [-0.3, -0.25) is 4.79 Å². The molecule has 0 fully saturated rings. The number of para-hydroxylation sites is 1. The molecule has 1 heterocycles. The van der Waals surface area contributed by atoms with Crippen LogP contribution in [0.1, 0.15) is 17.3 Å². The van der Waals surface area contributed by atoms with Gasteiger partial charge in [0.15, 0.2) is 6.17 Å². The second-order valence-electron chi connectivity index (χ2n) is 7.22. The lowest BCUT2D eigenvalue weighted by molar-refractivity contribution is -0.121. The molecular formula is C25H20N4O. The third-order valence-corrected chi connectivity index (χ3v) is 5.27. The Morgan fingerprint density at radius 3 is 2.47 bits per heavy atom. The van der Waals surface area contributed by atoms with Gasteiger partial charge >= 0.3 is 0 Å². The van der Waals surface area contributed by atoms with E-state index in [0.717, 1.165) is 32.9 Å². The van der Waals surface area contributed by atoms with Crippen molar-refractivity contribution in [2.24, 2.45) is 0 Å². The summed E-state index contributed by atoms with van der Waals surface area (Å²) in [5, 5.41) is 14.0. The van der Waals surface area contributed by atoms with Gasteiger partial charge in [-0.1, -0.05) is 90.1 Å². The van der Waals surface area contributed by atoms with Crippen LogP contribution >= 0.6 is 0 Å². The molecule has 0 saturated carbocycles. The first kappa shape index (κ1) is 18.1. The number of hydrogen-bond donors (Lipinski definition) is 1. The van der Waals surface area contributed by atoms with E-state index in [-0.39, 0.29) is 12.3 Å². The molecule has 5 heteroatoms. The molecular weight excluding hydrogens is 372 g/mol. The van der Waals surface area contributed by atoms with Gasteiger partial charge in [0.1, 0.15) is 5.52 Å². The number of hydrogen-bond acceptors (Lipinski definition) is 3. The zero-order chi connectivity index (χ0) is 20.3. The van der Waals surface area contributed by atoms with E-state index in [1.165, 1.54) is 0 Å². The maximum absolute atomic E-state index is 13.1. The Morgan fingerprint density at radius 2 is 1.57 bits per heavy atom. The molecule has 5 rings (SSSR count). The predicted octanol–water partition coefficient (Wildman–Crippen LogP) is 4.49. The smallest absolute Gasteiger partial charge is 0.226 e. The van der Waals surface area contributed by atoms with E-state index >= 15 is 0 Å². The molecule has 5 aromatic rings. The number of amides is 1. The highest BCUT2D eigenvalue weighted by Crippen LogP contribution is 2.22. The summed E-state index contributed by atoms with van der Waals surface area (Å²) in [6.07, 6.45) is -0.154. The van der Waals surface area contributed by atoms with Crippen LogP contribution in [0.15, 0.2) is 97.1 Å². The summed E-state index contributed by atoms with van der Waals surface area (Å²) in [6.45, 7) is 0. The van der Waals surface area contributed by atoms with Gasteiger partial charge in [-0.25, -0.2) is 4.68 Å². The minimum Gasteiger partial charge on any atom is -0.330 e. The van der Waals surface area contributed by atoms with Gasteiger partial charge in [-0.15, -0.1) is 5.10 Å². The zero-order valence-corrected chi connectivity index (χ0v) is 16.3. The Bertz CT molecular complexity index is 1320. The van der Waals surface area contributed by atoms with Gasteiger partial charge in [0, 0.05) is 0 Å². The Labute approximate surface area is 174 Å². The molecule has 0 spiro atoms. The molecule has 4 aromatic carbocycles. The lowest BCUT2D eigenvalue weighted by Crippen LogP contribution is -2.34. The number of carbonyl (C=O) groups is 1. The normalized spacial score (nSPS) is 12.1. The van der Waals surface area contributed by atoms with Crippen molar-refractivity contribution >= 4 is 27.7 Å². The molecule has 1 unspecified atom stereocenters. The lowest BCUT2D eigenvalue weighted by Gasteiger charge is -2.20. The third kappa shape index (κ3) is 3.42. The van der Waals surface area contributed by atoms with Gasteiger partial charge < -0.3 is 5.32 Å². The van der Waals surface area contributed by atoms with Crippen molar-refractivity contribution in [1.82, 2.24) is 20.3 Å². The Balaban J connectivity index is 1.49. The molecule has 30 heavy (non-hydrogen) atoms. The number of aromatic nitrogens is 3. The minimum atomic E-state index is -0.443. The maximum atomic E-state index is 13.1. The molecule has 0 saturated heterocycles. The average Bonchev–Trinajstić information content (AvgIpc) is 3.22. The van der Waals surface area contributed by atoms with Crippen LogP contribution in [0.25, 0.3) is 21.8 Å². The van der Waals surface area contributed by atoms with Gasteiger partial charge in [0.05, 0.1) is 11.9 Å². The van der Waals surface area contributed by atoms with Crippen LogP contribution in [0.5, 0.6) is 0 Å². The summed E-state index contributed by atoms with van der Waals surface area (Å²) in [5.74, 6) is -0.0696. The van der Waals surface area contributed by atoms with Gasteiger partial charge in [0.25, 0.3) is 0 Å². The molecule has 146 valence electrons. The fraction of sp³-hybridized carbons (Fsp3) is 0.0800. The molecule has 0 radical (unpaired) electrons. The monoisotopic (exact) mass is 392 g/mol. The lowest BCUT2D eigenvalue weighted by atomic mass is 10.0. The number of carbonyl (C=O) groups excluding carboxylic acids is 1. The number of rotatable bonds is 5. The Kier molecular flexibility index (Phi) is 4.69. The van der Waals surface area contributed by atoms with Crippen LogP contribution in [0.3, 0.4) is 0 Å². The van der Waals surface area contributed by atoms with Crippen molar-refractivity contribution in [2.75, 3.05) is 0 Å². The Hall–Kier alpha value is -3.99. The van der Waals surface area contributed by atoms with Gasteiger partial charge in [-0.2, -0.15) is 0 Å². The number of fused-ring (bicyclic) bond motifs is 2. The highest BCUT2D eigenvalue weighted by atomic mass is 16.1. The van der Waals surface area contributed by atoms with Crippen LogP contribution in [0, 0.1) is 0 Å². The average molecular weight is 392 g/mol. The third-order valence-electron chi connectivity index (χ3n) is 5.27. The first-order valence-corrected chi connectivity index (χ1v) is 9.90. The van der Waals surface area contributed by atoms with E-state index in [9.17, 15) is 4.79 Å². The SMILES string of the molecule is O=C(Cc1cccc2ccccc12)NC(c1ccccc1)n1nnc2ccccc21. The van der Waals surface area contributed by atoms with E-state index in [2.05, 4.69) is 33.8 Å². The Morgan fingerprint density at radius 1 is 0.833 bits per heavy atom. The highest BCUT2D eigenvalue weighted by molar-refractivity contribution is 5.90. The summed E-state index contributed by atoms with van der Waals surface area (Å²) in [5.41, 5.74) is 3.61. The van der Waals surface area contributed by atoms with Crippen molar-refractivity contribution in [3.8, 4) is 0 Å². The van der Waals surface area contributed by atoms with Crippen LogP contribution in [-0.4, -0.2) is 20.9 Å². The van der Waals surface area contributed by atoms with E-state index in [0.29, 0.717) is 0 Å². The van der Waals surface area contributed by atoms with Gasteiger partial charge in [0.2, 0.25) is 5.91 Å². The topological polar surface area (TPSA) is 59.8 Å². The molecule has 1 amide bonds. The molecule has 1 N–H and O–H groups in total. The summed E-state index contributed by atoms with van der Waals surface area (Å²) in [4.78, 5) is 13.1. The van der Waals surface area contributed by atoms with Crippen LogP contribution in [-0.2, 0) is 11.2 Å². The van der Waals surface area contributed by atoms with Crippen LogP contribution in [0.4, 0.5) is 0 Å². The summed E-state index contributed by atoms with van der Waals surface area (Å²) < 4.78 is 1.77. The van der Waals surface area contributed by atoms with Gasteiger partial charge in [-0.05, 0) is 34.0 Å². The molecule has 1 atom stereocenters. The van der Waals surface area contributed by atoms with Crippen molar-refractivity contribution in [3.63, 3.8) is 0 Å². The summed E-state index contributed by atoms with van der Waals surface area (Å²) in [7, 11) is 0. The molecule has 0 bridgehead atoms. The van der Waals surface area contributed by atoms with Crippen molar-refractivity contribution < 1.29 is 4.79 Å².